The van der Waals surface area contributed by atoms with Gasteiger partial charge in [0.15, 0.2) is 0 Å². The van der Waals surface area contributed by atoms with E-state index in [4.69, 9.17) is 0 Å². The van der Waals surface area contributed by atoms with E-state index in [9.17, 15) is 8.78 Å². The highest BCUT2D eigenvalue weighted by atomic mass is 32.2. The summed E-state index contributed by atoms with van der Waals surface area (Å²) >= 11 is 1.22. The molecule has 1 nitrogen and oxygen atoms in total. The summed E-state index contributed by atoms with van der Waals surface area (Å²) in [5, 5.41) is 3.49. The first-order chi connectivity index (χ1) is 9.11. The Hall–Kier alpha value is -0.610. The molecule has 1 N–H and O–H groups in total. The van der Waals surface area contributed by atoms with Crippen molar-refractivity contribution in [3.05, 3.63) is 29.8 Å². The van der Waals surface area contributed by atoms with Gasteiger partial charge in [0, 0.05) is 10.9 Å². The number of nitrogens with one attached hydrogen (secondary N) is 1. The molecule has 1 aliphatic carbocycles. The predicted molar refractivity (Wildman–Crippen MR) is 77.2 cm³/mol. The standard InChI is InChI=1S/C15H21F2NS/c1-3-18-14-8-13(10(14)2)11-4-6-12(7-5-11)19-9-15(16)17/h4-7,10,13-15,18H,3,8-9H2,1-2H3. The van der Waals surface area contributed by atoms with E-state index in [0.717, 1.165) is 11.4 Å². The fraction of sp³-hybridized carbons (Fsp3) is 0.600. The van der Waals surface area contributed by atoms with E-state index in [0.29, 0.717) is 17.9 Å². The van der Waals surface area contributed by atoms with Gasteiger partial charge in [-0.2, -0.15) is 0 Å². The molecule has 0 amide bonds. The maximum Gasteiger partial charge on any atom is 0.247 e. The smallest absolute Gasteiger partial charge is 0.247 e. The largest absolute Gasteiger partial charge is 0.314 e. The number of benzene rings is 1. The van der Waals surface area contributed by atoms with Crippen LogP contribution in [0.4, 0.5) is 8.78 Å². The Morgan fingerprint density at radius 2 is 2.00 bits per heavy atom. The number of halogens is 2. The SMILES string of the molecule is CCNC1CC(c2ccc(SCC(F)F)cc2)C1C. The molecule has 1 aromatic rings. The number of hydrogen-bond donors (Lipinski definition) is 1. The van der Waals surface area contributed by atoms with Gasteiger partial charge in [-0.1, -0.05) is 26.0 Å². The third-order valence-corrected chi connectivity index (χ3v) is 4.95. The highest BCUT2D eigenvalue weighted by molar-refractivity contribution is 7.99. The molecule has 2 rings (SSSR count). The molecule has 0 bridgehead atoms. The van der Waals surface area contributed by atoms with Crippen LogP contribution in [0.5, 0.6) is 0 Å². The zero-order valence-electron chi connectivity index (χ0n) is 11.4. The van der Waals surface area contributed by atoms with Crippen molar-refractivity contribution < 1.29 is 8.78 Å². The van der Waals surface area contributed by atoms with Crippen LogP contribution in [0.15, 0.2) is 29.2 Å². The third kappa shape index (κ3) is 3.69. The third-order valence-electron chi connectivity index (χ3n) is 3.93. The first-order valence-corrected chi connectivity index (χ1v) is 7.84. The van der Waals surface area contributed by atoms with E-state index in [1.165, 1.54) is 23.7 Å². The second-order valence-corrected chi connectivity index (χ2v) is 6.23. The van der Waals surface area contributed by atoms with Crippen molar-refractivity contribution in [2.24, 2.45) is 5.92 Å². The summed E-state index contributed by atoms with van der Waals surface area (Å²) in [5.74, 6) is 1.14. The second-order valence-electron chi connectivity index (χ2n) is 5.14. The van der Waals surface area contributed by atoms with Crippen molar-refractivity contribution in [2.75, 3.05) is 12.3 Å². The predicted octanol–water partition coefficient (Wildman–Crippen LogP) is 4.15. The minimum absolute atomic E-state index is 0.123. The van der Waals surface area contributed by atoms with Crippen molar-refractivity contribution in [3.8, 4) is 0 Å². The summed E-state index contributed by atoms with van der Waals surface area (Å²) in [7, 11) is 0. The molecule has 1 fully saturated rings. The molecule has 0 aliphatic heterocycles. The first-order valence-electron chi connectivity index (χ1n) is 6.86. The topological polar surface area (TPSA) is 12.0 Å². The summed E-state index contributed by atoms with van der Waals surface area (Å²) in [6.45, 7) is 5.43. The second kappa shape index (κ2) is 6.71. The summed E-state index contributed by atoms with van der Waals surface area (Å²) in [6.07, 6.45) is -1.06. The molecule has 4 heteroatoms. The first kappa shape index (κ1) is 14.8. The van der Waals surface area contributed by atoms with Crippen molar-refractivity contribution in [1.29, 1.82) is 0 Å². The molecule has 0 heterocycles. The van der Waals surface area contributed by atoms with Gasteiger partial charge in [0.25, 0.3) is 0 Å². The number of hydrogen-bond acceptors (Lipinski definition) is 2. The molecule has 0 spiro atoms. The van der Waals surface area contributed by atoms with Gasteiger partial charge in [0.1, 0.15) is 0 Å². The molecule has 3 unspecified atom stereocenters. The zero-order valence-corrected chi connectivity index (χ0v) is 12.2. The fourth-order valence-corrected chi connectivity index (χ4v) is 3.38. The summed E-state index contributed by atoms with van der Waals surface area (Å²) in [4.78, 5) is 0.930. The van der Waals surface area contributed by atoms with Crippen molar-refractivity contribution in [2.45, 2.75) is 43.5 Å². The fourth-order valence-electron chi connectivity index (χ4n) is 2.73. The van der Waals surface area contributed by atoms with Gasteiger partial charge in [-0.25, -0.2) is 8.78 Å². The molecule has 0 aromatic heterocycles. The Morgan fingerprint density at radius 3 is 2.53 bits per heavy atom. The van der Waals surface area contributed by atoms with Gasteiger partial charge in [0.05, 0.1) is 5.75 Å². The summed E-state index contributed by atoms with van der Waals surface area (Å²) in [6, 6.07) is 8.75. The van der Waals surface area contributed by atoms with E-state index < -0.39 is 6.43 Å². The van der Waals surface area contributed by atoms with Crippen LogP contribution < -0.4 is 5.32 Å². The molecule has 1 aromatic carbocycles. The summed E-state index contributed by atoms with van der Waals surface area (Å²) in [5.41, 5.74) is 1.34. The molecule has 1 saturated carbocycles. The lowest BCUT2D eigenvalue weighted by Gasteiger charge is -2.43. The van der Waals surface area contributed by atoms with E-state index in [1.807, 2.05) is 12.1 Å². The normalized spacial score (nSPS) is 26.5. The minimum atomic E-state index is -2.24. The molecule has 106 valence electrons. The molecule has 0 radical (unpaired) electrons. The van der Waals surface area contributed by atoms with Gasteiger partial charge < -0.3 is 5.32 Å². The van der Waals surface area contributed by atoms with E-state index >= 15 is 0 Å². The van der Waals surface area contributed by atoms with Crippen LogP contribution in [0, 0.1) is 5.92 Å². The lowest BCUT2D eigenvalue weighted by molar-refractivity contribution is 0.177. The maximum atomic E-state index is 12.1. The van der Waals surface area contributed by atoms with Gasteiger partial charge >= 0.3 is 0 Å². The molecule has 0 saturated heterocycles. The lowest BCUT2D eigenvalue weighted by atomic mass is 9.67. The minimum Gasteiger partial charge on any atom is -0.314 e. The Morgan fingerprint density at radius 1 is 1.32 bits per heavy atom. The molecular formula is C15H21F2NS. The molecule has 19 heavy (non-hydrogen) atoms. The average Bonchev–Trinajstić information content (AvgIpc) is 2.41. The number of alkyl halides is 2. The van der Waals surface area contributed by atoms with Crippen LogP contribution in [-0.4, -0.2) is 24.8 Å². The molecular weight excluding hydrogens is 264 g/mol. The van der Waals surface area contributed by atoms with Crippen LogP contribution in [0.1, 0.15) is 31.7 Å². The van der Waals surface area contributed by atoms with Crippen LogP contribution in [0.25, 0.3) is 0 Å². The monoisotopic (exact) mass is 285 g/mol. The Kier molecular flexibility index (Phi) is 5.22. The van der Waals surface area contributed by atoms with Crippen molar-refractivity contribution in [3.63, 3.8) is 0 Å². The van der Waals surface area contributed by atoms with E-state index in [2.05, 4.69) is 31.3 Å². The Bertz CT molecular complexity index is 394. The van der Waals surface area contributed by atoms with Crippen molar-refractivity contribution in [1.82, 2.24) is 5.32 Å². The van der Waals surface area contributed by atoms with Crippen LogP contribution in [0.3, 0.4) is 0 Å². The molecule has 1 aliphatic rings. The number of rotatable bonds is 6. The van der Waals surface area contributed by atoms with Crippen LogP contribution in [0.2, 0.25) is 0 Å². The van der Waals surface area contributed by atoms with Crippen LogP contribution in [-0.2, 0) is 0 Å². The highest BCUT2D eigenvalue weighted by Gasteiger charge is 2.37. The van der Waals surface area contributed by atoms with Crippen molar-refractivity contribution >= 4 is 11.8 Å². The highest BCUT2D eigenvalue weighted by Crippen LogP contribution is 2.42. The Balaban J connectivity index is 1.89. The van der Waals surface area contributed by atoms with E-state index in [-0.39, 0.29) is 5.75 Å². The van der Waals surface area contributed by atoms with Gasteiger partial charge in [0.2, 0.25) is 6.43 Å². The maximum absolute atomic E-state index is 12.1. The quantitative estimate of drug-likeness (QED) is 0.788. The number of thioether (sulfide) groups is 1. The average molecular weight is 285 g/mol. The Labute approximate surface area is 118 Å². The van der Waals surface area contributed by atoms with Gasteiger partial charge in [-0.15, -0.1) is 11.8 Å². The zero-order chi connectivity index (χ0) is 13.8. The summed E-state index contributed by atoms with van der Waals surface area (Å²) < 4.78 is 24.3. The molecule has 3 atom stereocenters. The van der Waals surface area contributed by atoms with Crippen LogP contribution >= 0.6 is 11.8 Å². The van der Waals surface area contributed by atoms with Gasteiger partial charge in [-0.05, 0) is 42.5 Å². The van der Waals surface area contributed by atoms with Gasteiger partial charge in [-0.3, -0.25) is 0 Å². The van der Waals surface area contributed by atoms with E-state index in [1.54, 1.807) is 0 Å². The lowest BCUT2D eigenvalue weighted by Crippen LogP contribution is -2.47.